The first-order valence-electron chi connectivity index (χ1n) is 3.98. The van der Waals surface area contributed by atoms with E-state index < -0.39 is 11.0 Å². The maximum Gasteiger partial charge on any atom is 1.42 e. The third-order valence-corrected chi connectivity index (χ3v) is 1.90. The number of hydrogen-bond acceptors (Lipinski definition) is 3. The molecule has 1 rings (SSSR count). The van der Waals surface area contributed by atoms with Gasteiger partial charge >= 0.3 is 21.7 Å². The van der Waals surface area contributed by atoms with Crippen LogP contribution in [0, 0.1) is 0 Å². The Morgan fingerprint density at radius 2 is 1.86 bits per heavy atom. The van der Waals surface area contributed by atoms with E-state index in [-0.39, 0.29) is 0 Å². The number of allylic oxidation sites excluding steroid dienone is 1. The third kappa shape index (κ3) is 8.09. The van der Waals surface area contributed by atoms with Crippen LogP contribution in [0.3, 0.4) is 0 Å². The lowest BCUT2D eigenvalue weighted by Gasteiger charge is -1.93. The van der Waals surface area contributed by atoms with E-state index in [1.165, 1.54) is 0 Å². The molecule has 71 valence electrons. The van der Waals surface area contributed by atoms with Gasteiger partial charge in [-0.3, -0.25) is 0 Å². The summed E-state index contributed by atoms with van der Waals surface area (Å²) < 4.78 is 25.4. The van der Waals surface area contributed by atoms with Crippen molar-refractivity contribution < 1.29 is 12.6 Å². The van der Waals surface area contributed by atoms with Gasteiger partial charge in [-0.1, -0.05) is 24.8 Å². The van der Waals surface area contributed by atoms with Crippen molar-refractivity contribution in [2.45, 2.75) is 4.55 Å². The maximum absolute atomic E-state index is 9.98. The van der Waals surface area contributed by atoms with Gasteiger partial charge < -0.3 is 4.18 Å². The monoisotopic (exact) mass is 223 g/mol. The van der Waals surface area contributed by atoms with Gasteiger partial charge in [0.05, 0.1) is 0 Å². The molecular weight excluding hydrogens is 212 g/mol. The molecule has 14 heavy (non-hydrogen) atoms. The van der Waals surface area contributed by atoms with Crippen molar-refractivity contribution in [3.63, 3.8) is 0 Å². The Morgan fingerprint density at radius 3 is 2.21 bits per heavy atom. The fourth-order valence-corrected chi connectivity index (χ4v) is 0.861. The van der Waals surface area contributed by atoms with Gasteiger partial charge in [0.25, 0.3) is 15.5 Å². The molecular formula is C9H11MgO3S+2. The summed E-state index contributed by atoms with van der Waals surface area (Å²) in [6, 6.07) is 8.34. The van der Waals surface area contributed by atoms with Crippen LogP contribution < -0.4 is 4.18 Å². The topological polar surface area (TPSA) is 43.4 Å². The van der Waals surface area contributed by atoms with Gasteiger partial charge in [0.15, 0.2) is 0 Å². The lowest BCUT2D eigenvalue weighted by Crippen LogP contribution is -1.88. The minimum atomic E-state index is -2.78. The van der Waals surface area contributed by atoms with E-state index in [0.29, 0.717) is 5.75 Å². The SMILES string of the molecule is C=C[CH2][Mg+2].O=[SH](=O)Oc1ccccc1. The molecule has 1 aromatic rings. The summed E-state index contributed by atoms with van der Waals surface area (Å²) in [6.45, 7) is 3.49. The van der Waals surface area contributed by atoms with Crippen LogP contribution in [0.2, 0.25) is 4.55 Å². The Labute approximate surface area is 98.4 Å². The van der Waals surface area contributed by atoms with Crippen molar-refractivity contribution in [1.82, 2.24) is 0 Å². The molecule has 0 bridgehead atoms. The minimum Gasteiger partial charge on any atom is -0.384 e. The summed E-state index contributed by atoms with van der Waals surface area (Å²) in [7, 11) is -2.78. The third-order valence-electron chi connectivity index (χ3n) is 1.13. The molecule has 1 aromatic carbocycles. The van der Waals surface area contributed by atoms with Crippen LogP contribution in [-0.2, 0) is 11.0 Å². The van der Waals surface area contributed by atoms with E-state index in [1.54, 1.807) is 30.3 Å². The zero-order valence-corrected chi connectivity index (χ0v) is 10.1. The average Bonchev–Trinajstić information content (AvgIpc) is 2.19. The van der Waals surface area contributed by atoms with E-state index in [0.717, 1.165) is 4.55 Å². The van der Waals surface area contributed by atoms with Gasteiger partial charge in [0, 0.05) is 0 Å². The Balaban J connectivity index is 0.000000364. The zero-order chi connectivity index (χ0) is 10.8. The van der Waals surface area contributed by atoms with Crippen molar-refractivity contribution in [3.05, 3.63) is 43.0 Å². The predicted molar refractivity (Wildman–Crippen MR) is 58.1 cm³/mol. The second kappa shape index (κ2) is 9.05. The molecule has 0 aliphatic carbocycles. The second-order valence-electron chi connectivity index (χ2n) is 2.21. The fraction of sp³-hybridized carbons (Fsp3) is 0.111. The maximum atomic E-state index is 9.98. The lowest BCUT2D eigenvalue weighted by atomic mass is 10.3. The van der Waals surface area contributed by atoms with Crippen molar-refractivity contribution in [3.8, 4) is 5.75 Å². The van der Waals surface area contributed by atoms with Gasteiger partial charge in [0.1, 0.15) is 5.75 Å². The van der Waals surface area contributed by atoms with Crippen LogP contribution in [0.15, 0.2) is 43.0 Å². The van der Waals surface area contributed by atoms with Crippen molar-refractivity contribution in [2.75, 3.05) is 0 Å². The Morgan fingerprint density at radius 1 is 1.36 bits per heavy atom. The molecule has 0 aromatic heterocycles. The number of thiol groups is 1. The van der Waals surface area contributed by atoms with Gasteiger partial charge in [-0.05, 0) is 18.2 Å². The average molecular weight is 224 g/mol. The van der Waals surface area contributed by atoms with Crippen molar-refractivity contribution in [1.29, 1.82) is 0 Å². The number of benzene rings is 1. The summed E-state index contributed by atoms with van der Waals surface area (Å²) in [6.07, 6.45) is 1.89. The summed E-state index contributed by atoms with van der Waals surface area (Å²) in [5, 5.41) is 0. The molecule has 0 fully saturated rings. The van der Waals surface area contributed by atoms with Crippen LogP contribution in [0.1, 0.15) is 0 Å². The Bertz CT molecular complexity index is 314. The molecule has 0 atom stereocenters. The van der Waals surface area contributed by atoms with Crippen LogP contribution in [0.4, 0.5) is 0 Å². The van der Waals surface area contributed by atoms with Crippen LogP contribution in [0.25, 0.3) is 0 Å². The Hall–Kier alpha value is -0.524. The van der Waals surface area contributed by atoms with E-state index in [9.17, 15) is 8.42 Å². The van der Waals surface area contributed by atoms with E-state index in [1.807, 2.05) is 27.8 Å². The van der Waals surface area contributed by atoms with Gasteiger partial charge in [-0.2, -0.15) is 8.42 Å². The molecule has 3 nitrogen and oxygen atoms in total. The molecule has 0 N–H and O–H groups in total. The highest BCUT2D eigenvalue weighted by Crippen LogP contribution is 2.07. The molecule has 0 aliphatic heterocycles. The molecule has 0 aliphatic rings. The zero-order valence-electron chi connectivity index (χ0n) is 7.76. The quantitative estimate of drug-likeness (QED) is 0.478. The minimum absolute atomic E-state index is 0.346. The van der Waals surface area contributed by atoms with Crippen molar-refractivity contribution >= 4 is 32.7 Å². The van der Waals surface area contributed by atoms with E-state index >= 15 is 0 Å². The summed E-state index contributed by atoms with van der Waals surface area (Å²) in [5.41, 5.74) is 0. The molecule has 7 radical (unpaired) electrons. The molecule has 5 heteroatoms. The van der Waals surface area contributed by atoms with Gasteiger partial charge in [0.2, 0.25) is 0 Å². The Kier molecular flexibility index (Phi) is 8.71. The predicted octanol–water partition coefficient (Wildman–Crippen LogP) is 1.35. The molecule has 0 saturated heterocycles. The van der Waals surface area contributed by atoms with Crippen LogP contribution in [-0.4, -0.2) is 30.1 Å². The highest BCUT2D eigenvalue weighted by Gasteiger charge is 2.16. The molecule has 0 heterocycles. The highest BCUT2D eigenvalue weighted by molar-refractivity contribution is 7.67. The fourth-order valence-electron chi connectivity index (χ4n) is 0.567. The second-order valence-corrected chi connectivity index (χ2v) is 3.41. The summed E-state index contributed by atoms with van der Waals surface area (Å²) in [4.78, 5) is 0. The molecule has 0 spiro atoms. The molecule has 0 saturated carbocycles. The number of hydrogen-bond donors (Lipinski definition) is 1. The van der Waals surface area contributed by atoms with Crippen LogP contribution >= 0.6 is 0 Å². The normalized spacial score (nSPS) is 8.71. The first-order chi connectivity index (χ1) is 6.70. The number of para-hydroxylation sites is 1. The smallest absolute Gasteiger partial charge is 0.384 e. The highest BCUT2D eigenvalue weighted by atomic mass is 32.2. The summed E-state index contributed by atoms with van der Waals surface area (Å²) in [5.74, 6) is 0.346. The molecule has 0 amide bonds. The van der Waals surface area contributed by atoms with E-state index in [2.05, 4.69) is 10.8 Å². The number of rotatable bonds is 3. The van der Waals surface area contributed by atoms with Crippen LogP contribution in [0.5, 0.6) is 5.75 Å². The van der Waals surface area contributed by atoms with Gasteiger partial charge in [-0.15, -0.1) is 0 Å². The standard InChI is InChI=1S/C6H6O3S.C3H5.Mg/c7-10(8)9-6-4-2-1-3-5-6;1-3-2;/h1-5,10H;3H,1-2H2;/q;;+2. The summed E-state index contributed by atoms with van der Waals surface area (Å²) >= 11 is 1.90. The largest absolute Gasteiger partial charge is 1.42 e. The first kappa shape index (κ1) is 13.5. The van der Waals surface area contributed by atoms with Gasteiger partial charge in [-0.25, -0.2) is 0 Å². The van der Waals surface area contributed by atoms with Crippen molar-refractivity contribution in [2.24, 2.45) is 0 Å². The molecule has 0 unspecified atom stereocenters. The first-order valence-corrected chi connectivity index (χ1v) is 6.07. The lowest BCUT2D eigenvalue weighted by molar-refractivity contribution is 0.510. The van der Waals surface area contributed by atoms with E-state index in [4.69, 9.17) is 0 Å².